The predicted molar refractivity (Wildman–Crippen MR) is 84.7 cm³/mol. The molecular formula is C14H25N5O2. The molecule has 0 bridgehead atoms. The van der Waals surface area contributed by atoms with Gasteiger partial charge in [0.05, 0.1) is 4.92 Å². The molecule has 0 saturated carbocycles. The maximum atomic E-state index is 11.5. The second-order valence-corrected chi connectivity index (χ2v) is 5.87. The van der Waals surface area contributed by atoms with Gasteiger partial charge in [-0.3, -0.25) is 10.1 Å². The minimum atomic E-state index is -0.402. The van der Waals surface area contributed by atoms with E-state index in [4.69, 9.17) is 0 Å². The quantitative estimate of drug-likeness (QED) is 0.586. The van der Waals surface area contributed by atoms with Gasteiger partial charge in [-0.15, -0.1) is 0 Å². The van der Waals surface area contributed by atoms with Crippen LogP contribution in [0, 0.1) is 22.0 Å². The van der Waals surface area contributed by atoms with Gasteiger partial charge in [0, 0.05) is 19.6 Å². The average molecular weight is 295 g/mol. The van der Waals surface area contributed by atoms with Crippen molar-refractivity contribution in [2.45, 2.75) is 34.6 Å². The first-order valence-electron chi connectivity index (χ1n) is 7.34. The molecule has 0 unspecified atom stereocenters. The maximum absolute atomic E-state index is 11.5. The Kier molecular flexibility index (Phi) is 6.33. The fraction of sp³-hybridized carbons (Fsp3) is 0.714. The first kappa shape index (κ1) is 17.1. The molecule has 118 valence electrons. The van der Waals surface area contributed by atoms with E-state index in [0.29, 0.717) is 24.2 Å². The zero-order valence-electron chi connectivity index (χ0n) is 13.5. The molecule has 0 saturated heterocycles. The average Bonchev–Trinajstić information content (AvgIpc) is 2.36. The van der Waals surface area contributed by atoms with Gasteiger partial charge in [0.15, 0.2) is 0 Å². The van der Waals surface area contributed by atoms with E-state index in [1.807, 2.05) is 11.8 Å². The van der Waals surface area contributed by atoms with Crippen LogP contribution in [-0.2, 0) is 0 Å². The second-order valence-electron chi connectivity index (χ2n) is 5.87. The summed E-state index contributed by atoms with van der Waals surface area (Å²) >= 11 is 0. The van der Waals surface area contributed by atoms with E-state index in [-0.39, 0.29) is 11.5 Å². The smallest absolute Gasteiger partial charge is 0.353 e. The van der Waals surface area contributed by atoms with Crippen molar-refractivity contribution in [1.82, 2.24) is 9.97 Å². The number of nitrogens with zero attached hydrogens (tertiary/aromatic N) is 4. The van der Waals surface area contributed by atoms with Gasteiger partial charge in [-0.1, -0.05) is 27.7 Å². The van der Waals surface area contributed by atoms with E-state index in [2.05, 4.69) is 43.0 Å². The molecule has 0 aromatic carbocycles. The molecule has 0 atom stereocenters. The van der Waals surface area contributed by atoms with E-state index in [0.717, 1.165) is 13.1 Å². The van der Waals surface area contributed by atoms with Crippen LogP contribution in [0.1, 0.15) is 34.6 Å². The Bertz CT molecular complexity index is 466. The minimum Gasteiger partial charge on any atom is -0.364 e. The number of nitro groups is 1. The SMILES string of the molecule is CCNc1ncnc(N(CC(C)C)CC(C)C)c1[N+](=O)[O-]. The van der Waals surface area contributed by atoms with Crippen molar-refractivity contribution in [2.75, 3.05) is 29.9 Å². The summed E-state index contributed by atoms with van der Waals surface area (Å²) in [4.78, 5) is 21.2. The summed E-state index contributed by atoms with van der Waals surface area (Å²) in [5.41, 5.74) is -0.0411. The highest BCUT2D eigenvalue weighted by atomic mass is 16.6. The third-order valence-corrected chi connectivity index (χ3v) is 2.80. The van der Waals surface area contributed by atoms with Gasteiger partial charge in [-0.25, -0.2) is 9.97 Å². The first-order valence-corrected chi connectivity index (χ1v) is 7.34. The zero-order chi connectivity index (χ0) is 16.0. The van der Waals surface area contributed by atoms with E-state index >= 15 is 0 Å². The van der Waals surface area contributed by atoms with Crippen LogP contribution in [-0.4, -0.2) is 34.5 Å². The van der Waals surface area contributed by atoms with Gasteiger partial charge in [-0.2, -0.15) is 0 Å². The highest BCUT2D eigenvalue weighted by Crippen LogP contribution is 2.32. The van der Waals surface area contributed by atoms with Crippen molar-refractivity contribution < 1.29 is 4.92 Å². The first-order chi connectivity index (χ1) is 9.86. The molecule has 0 amide bonds. The molecule has 1 aromatic heterocycles. The van der Waals surface area contributed by atoms with Crippen LogP contribution in [0.5, 0.6) is 0 Å². The molecule has 1 heterocycles. The van der Waals surface area contributed by atoms with Crippen molar-refractivity contribution >= 4 is 17.3 Å². The van der Waals surface area contributed by atoms with E-state index in [9.17, 15) is 10.1 Å². The molecule has 1 N–H and O–H groups in total. The number of hydrogen-bond acceptors (Lipinski definition) is 6. The van der Waals surface area contributed by atoms with Crippen molar-refractivity contribution in [3.63, 3.8) is 0 Å². The fourth-order valence-electron chi connectivity index (χ4n) is 2.19. The molecule has 21 heavy (non-hydrogen) atoms. The molecule has 1 rings (SSSR count). The van der Waals surface area contributed by atoms with Crippen LogP contribution >= 0.6 is 0 Å². The lowest BCUT2D eigenvalue weighted by molar-refractivity contribution is -0.383. The lowest BCUT2D eigenvalue weighted by Crippen LogP contribution is -2.32. The van der Waals surface area contributed by atoms with Gasteiger partial charge >= 0.3 is 5.69 Å². The summed E-state index contributed by atoms with van der Waals surface area (Å²) in [6, 6.07) is 0. The van der Waals surface area contributed by atoms with Crippen molar-refractivity contribution in [3.8, 4) is 0 Å². The largest absolute Gasteiger partial charge is 0.364 e. The van der Waals surface area contributed by atoms with Crippen molar-refractivity contribution in [3.05, 3.63) is 16.4 Å². The summed E-state index contributed by atoms with van der Waals surface area (Å²) in [6.45, 7) is 12.3. The number of rotatable bonds is 8. The van der Waals surface area contributed by atoms with Gasteiger partial charge in [0.25, 0.3) is 0 Å². The molecule has 0 aliphatic heterocycles. The molecule has 7 nitrogen and oxygen atoms in total. The minimum absolute atomic E-state index is 0.0411. The standard InChI is InChI=1S/C14H25N5O2/c1-6-15-13-12(19(20)21)14(17-9-16-13)18(7-10(2)3)8-11(4)5/h9-11H,6-8H2,1-5H3,(H,15,16,17). The maximum Gasteiger partial charge on any atom is 0.353 e. The molecule has 0 spiro atoms. The lowest BCUT2D eigenvalue weighted by atomic mass is 10.1. The molecule has 1 aromatic rings. The molecule has 0 aliphatic rings. The second kappa shape index (κ2) is 7.75. The fourth-order valence-corrected chi connectivity index (χ4v) is 2.19. The summed E-state index contributed by atoms with van der Waals surface area (Å²) in [5, 5.41) is 14.4. The Morgan fingerprint density at radius 1 is 1.24 bits per heavy atom. The lowest BCUT2D eigenvalue weighted by Gasteiger charge is -2.27. The van der Waals surface area contributed by atoms with Crippen LogP contribution < -0.4 is 10.2 Å². The van der Waals surface area contributed by atoms with Crippen molar-refractivity contribution in [1.29, 1.82) is 0 Å². The van der Waals surface area contributed by atoms with Crippen molar-refractivity contribution in [2.24, 2.45) is 11.8 Å². The highest BCUT2D eigenvalue weighted by Gasteiger charge is 2.27. The third-order valence-electron chi connectivity index (χ3n) is 2.80. The number of nitrogens with one attached hydrogen (secondary N) is 1. The molecule has 0 fully saturated rings. The van der Waals surface area contributed by atoms with Gasteiger partial charge in [0.1, 0.15) is 6.33 Å². The van der Waals surface area contributed by atoms with Crippen LogP contribution in [0.4, 0.5) is 17.3 Å². The Hall–Kier alpha value is -1.92. The Morgan fingerprint density at radius 3 is 2.24 bits per heavy atom. The van der Waals surface area contributed by atoms with Gasteiger partial charge in [-0.05, 0) is 18.8 Å². The van der Waals surface area contributed by atoms with E-state index in [1.54, 1.807) is 0 Å². The van der Waals surface area contributed by atoms with Crippen LogP contribution in [0.3, 0.4) is 0 Å². The third kappa shape index (κ3) is 4.84. The topological polar surface area (TPSA) is 84.2 Å². The van der Waals surface area contributed by atoms with Crippen LogP contribution in [0.2, 0.25) is 0 Å². The van der Waals surface area contributed by atoms with Gasteiger partial charge < -0.3 is 10.2 Å². The van der Waals surface area contributed by atoms with Gasteiger partial charge in [0.2, 0.25) is 11.6 Å². The summed E-state index contributed by atoms with van der Waals surface area (Å²) in [6.07, 6.45) is 1.38. The molecule has 0 aliphatic carbocycles. The Morgan fingerprint density at radius 2 is 1.81 bits per heavy atom. The molecule has 0 radical (unpaired) electrons. The summed E-state index contributed by atoms with van der Waals surface area (Å²) in [5.74, 6) is 1.46. The summed E-state index contributed by atoms with van der Waals surface area (Å²) < 4.78 is 0. The number of aromatic nitrogens is 2. The Balaban J connectivity index is 3.28. The number of anilines is 2. The van der Waals surface area contributed by atoms with Crippen LogP contribution in [0.15, 0.2) is 6.33 Å². The van der Waals surface area contributed by atoms with E-state index < -0.39 is 4.92 Å². The highest BCUT2D eigenvalue weighted by molar-refractivity contribution is 5.70. The van der Waals surface area contributed by atoms with E-state index in [1.165, 1.54) is 6.33 Å². The normalized spacial score (nSPS) is 11.0. The molecular weight excluding hydrogens is 270 g/mol. The predicted octanol–water partition coefficient (Wildman–Crippen LogP) is 2.94. The number of hydrogen-bond donors (Lipinski definition) is 1. The Labute approximate surface area is 125 Å². The van der Waals surface area contributed by atoms with Crippen LogP contribution in [0.25, 0.3) is 0 Å². The zero-order valence-corrected chi connectivity index (χ0v) is 13.5. The summed E-state index contributed by atoms with van der Waals surface area (Å²) in [7, 11) is 0. The molecule has 7 heteroatoms. The monoisotopic (exact) mass is 295 g/mol.